The molecule has 4 aromatic rings. The Hall–Kier alpha value is -1.70. The fourth-order valence-electron chi connectivity index (χ4n) is 5.20. The Kier molecular flexibility index (Phi) is 13.6. The summed E-state index contributed by atoms with van der Waals surface area (Å²) in [5.41, 5.74) is 4.58. The standard InChI is InChI=1S/C23H29N9O14P2.2Na/c1-41-18-17(46-48(39,40)43-6-11-15(34)16(35)21(44-11)31-4-2-13(33)29-23(31)36)12(7-42-47(37,38)30-5-3-25-9-30)45-22(18)32-10-28-14-19(24)26-8-27-20(14)32;;/h2-5,8-12,15-18,21-22,34-35H,6-7H2,1H3,(H,37,38)(H,39,40)(H2,24,26,27)(H,29,33,36);;/q;2*+1/p-2/t11-,12-,15-,16-,17-,18-,21-,22-;;/m1../s1. The molecule has 0 amide bonds. The number of hydrogen-bond acceptors (Lipinski definition) is 19. The summed E-state index contributed by atoms with van der Waals surface area (Å²) >= 11 is 0. The second-order valence-corrected chi connectivity index (χ2v) is 13.5. The second-order valence-electron chi connectivity index (χ2n) is 10.4. The molecule has 0 spiro atoms. The van der Waals surface area contributed by atoms with Crippen LogP contribution in [0.15, 0.2) is 53.2 Å². The van der Waals surface area contributed by atoms with Gasteiger partial charge in [-0.3, -0.25) is 32.4 Å². The van der Waals surface area contributed by atoms with Gasteiger partial charge in [0.05, 0.1) is 19.5 Å². The number of aromatic amines is 1. The largest absolute Gasteiger partial charge is 1.00 e. The van der Waals surface area contributed by atoms with E-state index in [2.05, 4.69) is 19.9 Å². The van der Waals surface area contributed by atoms with Crippen LogP contribution in [0.25, 0.3) is 11.2 Å². The van der Waals surface area contributed by atoms with Crippen LogP contribution in [-0.4, -0.2) is 106 Å². The van der Waals surface area contributed by atoms with Crippen molar-refractivity contribution in [3.63, 3.8) is 0 Å². The van der Waals surface area contributed by atoms with Gasteiger partial charge in [0.2, 0.25) is 7.75 Å². The van der Waals surface area contributed by atoms with Gasteiger partial charge < -0.3 is 53.5 Å². The summed E-state index contributed by atoms with van der Waals surface area (Å²) < 4.78 is 61.2. The Balaban J connectivity index is 0.00000281. The average molecular weight is 761 g/mol. The number of ether oxygens (including phenoxy) is 3. The molecular formula is C23H27N9Na2O14P2. The van der Waals surface area contributed by atoms with E-state index in [0.29, 0.717) is 4.34 Å². The van der Waals surface area contributed by atoms with E-state index in [1.54, 1.807) is 0 Å². The third-order valence-electron chi connectivity index (χ3n) is 7.50. The van der Waals surface area contributed by atoms with Crippen LogP contribution < -0.4 is 85.9 Å². The minimum atomic E-state index is -5.40. The number of fused-ring (bicyclic) bond motifs is 1. The molecule has 0 radical (unpaired) electrons. The van der Waals surface area contributed by atoms with Gasteiger partial charge in [0.15, 0.2) is 23.9 Å². The Bertz CT molecular complexity index is 1980. The molecule has 2 aliphatic rings. The number of nitrogens with one attached hydrogen (secondary N) is 1. The number of anilines is 1. The molecular weight excluding hydrogens is 734 g/mol. The van der Waals surface area contributed by atoms with Crippen LogP contribution in [0.1, 0.15) is 12.5 Å². The monoisotopic (exact) mass is 761 g/mol. The first-order valence-corrected chi connectivity index (χ1v) is 16.8. The summed E-state index contributed by atoms with van der Waals surface area (Å²) in [5.74, 6) is 0.0394. The molecule has 10 atom stereocenters. The molecule has 0 saturated carbocycles. The Morgan fingerprint density at radius 2 is 1.68 bits per heavy atom. The molecule has 6 heterocycles. The molecule has 5 N–H and O–H groups in total. The summed E-state index contributed by atoms with van der Waals surface area (Å²) in [6, 6.07) is 0.978. The van der Waals surface area contributed by atoms with Crippen LogP contribution in [-0.2, 0) is 36.9 Å². The van der Waals surface area contributed by atoms with E-state index in [9.17, 15) is 38.7 Å². The SMILES string of the molecule is CO[C@@H]1[C@H](OP(=O)([O-])OC[C@H]2O[C@@H](n3ccc(=O)[nH]c3=O)[C@H](O)[C@@H]2O)[C@@H](COP(=O)([O-])n2ccnc2)O[C@H]1n1cnc2c(N)ncnc21.[Na+].[Na+]. The summed E-state index contributed by atoms with van der Waals surface area (Å²) in [4.78, 5) is 67.2. The van der Waals surface area contributed by atoms with Gasteiger partial charge in [0, 0.05) is 31.8 Å². The molecule has 27 heteroatoms. The van der Waals surface area contributed by atoms with Crippen LogP contribution in [0.2, 0.25) is 0 Å². The molecule has 0 aliphatic carbocycles. The maximum Gasteiger partial charge on any atom is 1.00 e. The first-order valence-electron chi connectivity index (χ1n) is 13.8. The van der Waals surface area contributed by atoms with Crippen molar-refractivity contribution in [2.75, 3.05) is 26.1 Å². The van der Waals surface area contributed by atoms with Crippen molar-refractivity contribution in [3.05, 3.63) is 64.5 Å². The van der Waals surface area contributed by atoms with E-state index in [4.69, 9.17) is 33.5 Å². The zero-order valence-corrected chi connectivity index (χ0v) is 32.3. The van der Waals surface area contributed by atoms with Gasteiger partial charge in [-0.05, 0) is 0 Å². The normalized spacial score (nSPS) is 28.8. The smallest absolute Gasteiger partial charge is 0.761 e. The number of aromatic nitrogens is 8. The van der Waals surface area contributed by atoms with Crippen LogP contribution in [0.5, 0.6) is 0 Å². The Morgan fingerprint density at radius 1 is 0.960 bits per heavy atom. The van der Waals surface area contributed by atoms with Crippen molar-refractivity contribution in [2.45, 2.75) is 49.1 Å². The quantitative estimate of drug-likeness (QED) is 0.0769. The zero-order valence-electron chi connectivity index (χ0n) is 26.5. The number of nitrogens with zero attached hydrogens (tertiary/aromatic N) is 7. The third-order valence-corrected chi connectivity index (χ3v) is 9.75. The molecule has 2 aliphatic heterocycles. The number of phosphoric ester groups is 1. The number of imidazole rings is 2. The third kappa shape index (κ3) is 8.41. The first-order chi connectivity index (χ1) is 22.8. The molecule has 2 saturated heterocycles. The Labute approximate surface area is 324 Å². The predicted octanol–water partition coefficient (Wildman–Crippen LogP) is -9.40. The van der Waals surface area contributed by atoms with Crippen LogP contribution >= 0.6 is 15.6 Å². The number of aliphatic hydroxyl groups is 2. The van der Waals surface area contributed by atoms with Gasteiger partial charge in [-0.2, -0.15) is 0 Å². The fourth-order valence-corrected chi connectivity index (χ4v) is 7.02. The second kappa shape index (κ2) is 16.5. The average Bonchev–Trinajstić information content (AvgIpc) is 3.83. The van der Waals surface area contributed by atoms with Crippen molar-refractivity contribution in [3.8, 4) is 0 Å². The number of phosphoric acid groups is 1. The van der Waals surface area contributed by atoms with Gasteiger partial charge in [0.1, 0.15) is 54.8 Å². The van der Waals surface area contributed by atoms with Gasteiger partial charge in [-0.1, -0.05) is 0 Å². The zero-order chi connectivity index (χ0) is 34.4. The van der Waals surface area contributed by atoms with Gasteiger partial charge in [0.25, 0.3) is 13.4 Å². The summed E-state index contributed by atoms with van der Waals surface area (Å²) in [5, 5.41) is 20.9. The number of aliphatic hydroxyl groups excluding tert-OH is 2. The van der Waals surface area contributed by atoms with E-state index in [1.807, 2.05) is 4.98 Å². The van der Waals surface area contributed by atoms with Crippen molar-refractivity contribution < 1.29 is 116 Å². The van der Waals surface area contributed by atoms with Crippen molar-refractivity contribution >= 4 is 32.6 Å². The van der Waals surface area contributed by atoms with Gasteiger partial charge in [-0.15, -0.1) is 0 Å². The number of H-pyrrole nitrogens is 1. The predicted molar refractivity (Wildman–Crippen MR) is 151 cm³/mol. The van der Waals surface area contributed by atoms with E-state index < -0.39 is 89.1 Å². The minimum absolute atomic E-state index is 0. The van der Waals surface area contributed by atoms with E-state index in [0.717, 1.165) is 35.7 Å². The number of methoxy groups -OCH3 is 1. The van der Waals surface area contributed by atoms with E-state index in [1.165, 1.54) is 24.2 Å². The maximum absolute atomic E-state index is 13.2. The molecule has 4 aromatic heterocycles. The summed E-state index contributed by atoms with van der Waals surface area (Å²) in [6.07, 6.45) is -5.27. The van der Waals surface area contributed by atoms with Crippen molar-refractivity contribution in [1.29, 1.82) is 0 Å². The van der Waals surface area contributed by atoms with Crippen molar-refractivity contribution in [1.82, 2.24) is 38.4 Å². The molecule has 260 valence electrons. The molecule has 2 fully saturated rings. The fraction of sp³-hybridized carbons (Fsp3) is 0.478. The van der Waals surface area contributed by atoms with Crippen LogP contribution in [0, 0.1) is 0 Å². The summed E-state index contributed by atoms with van der Waals surface area (Å²) in [6.45, 7) is -1.67. The summed E-state index contributed by atoms with van der Waals surface area (Å²) in [7, 11) is -8.96. The van der Waals surface area contributed by atoms with Crippen molar-refractivity contribution in [2.24, 2.45) is 0 Å². The molecule has 0 aromatic carbocycles. The number of nitrogen functional groups attached to an aromatic ring is 1. The van der Waals surface area contributed by atoms with Crippen LogP contribution in [0.3, 0.4) is 0 Å². The molecule has 23 nitrogen and oxygen atoms in total. The molecule has 6 rings (SSSR count). The van der Waals surface area contributed by atoms with Gasteiger partial charge >= 0.3 is 64.8 Å². The van der Waals surface area contributed by atoms with Gasteiger partial charge in [-0.25, -0.2) is 24.7 Å². The van der Waals surface area contributed by atoms with E-state index in [-0.39, 0.29) is 76.1 Å². The molecule has 0 bridgehead atoms. The number of hydrogen-bond donors (Lipinski definition) is 4. The number of rotatable bonds is 12. The molecule has 50 heavy (non-hydrogen) atoms. The first kappa shape index (κ1) is 41.1. The molecule has 2 unspecified atom stereocenters. The maximum atomic E-state index is 13.2. The number of nitrogens with two attached hydrogens (primary N) is 1. The Morgan fingerprint density at radius 3 is 2.36 bits per heavy atom. The van der Waals surface area contributed by atoms with Crippen LogP contribution in [0.4, 0.5) is 5.82 Å². The van der Waals surface area contributed by atoms with E-state index >= 15 is 0 Å². The minimum Gasteiger partial charge on any atom is -0.761 e. The topological polar surface area (TPSA) is 318 Å².